The normalized spacial score (nSPS) is 30.5. The molecule has 0 amide bonds. The summed E-state index contributed by atoms with van der Waals surface area (Å²) in [4.78, 5) is 0. The van der Waals surface area contributed by atoms with E-state index in [0.717, 1.165) is 32.7 Å². The van der Waals surface area contributed by atoms with Crippen LogP contribution in [0.3, 0.4) is 0 Å². The van der Waals surface area contributed by atoms with E-state index in [-0.39, 0.29) is 6.10 Å². The Morgan fingerprint density at radius 2 is 2.08 bits per heavy atom. The van der Waals surface area contributed by atoms with Crippen LogP contribution in [-0.2, 0) is 14.2 Å². The van der Waals surface area contributed by atoms with Crippen LogP contribution in [0.1, 0.15) is 6.42 Å². The Balaban J connectivity index is 1.49. The van der Waals surface area contributed by atoms with Crippen LogP contribution in [0, 0.1) is 0 Å². The van der Waals surface area contributed by atoms with Gasteiger partial charge >= 0.3 is 0 Å². The van der Waals surface area contributed by atoms with Crippen molar-refractivity contribution in [2.45, 2.75) is 18.6 Å². The predicted octanol–water partition coefficient (Wildman–Crippen LogP) is -0.262. The molecule has 70 valence electrons. The Bertz CT molecular complexity index is 132. The van der Waals surface area contributed by atoms with Crippen LogP contribution < -0.4 is 5.32 Å². The van der Waals surface area contributed by atoms with Gasteiger partial charge < -0.3 is 19.5 Å². The molecule has 1 atom stereocenters. The second kappa shape index (κ2) is 4.18. The van der Waals surface area contributed by atoms with Crippen LogP contribution in [0.25, 0.3) is 0 Å². The van der Waals surface area contributed by atoms with Gasteiger partial charge in [-0.3, -0.25) is 0 Å². The molecule has 1 unspecified atom stereocenters. The van der Waals surface area contributed by atoms with Crippen molar-refractivity contribution in [2.24, 2.45) is 0 Å². The lowest BCUT2D eigenvalue weighted by Crippen LogP contribution is -2.48. The van der Waals surface area contributed by atoms with Gasteiger partial charge in [-0.25, -0.2) is 0 Å². The van der Waals surface area contributed by atoms with Gasteiger partial charge in [0.2, 0.25) is 0 Å². The first-order chi connectivity index (χ1) is 5.95. The zero-order valence-electron chi connectivity index (χ0n) is 7.12. The van der Waals surface area contributed by atoms with Crippen molar-refractivity contribution in [3.8, 4) is 0 Å². The van der Waals surface area contributed by atoms with Gasteiger partial charge in [-0.1, -0.05) is 0 Å². The van der Waals surface area contributed by atoms with E-state index < -0.39 is 0 Å². The van der Waals surface area contributed by atoms with E-state index in [1.165, 1.54) is 0 Å². The molecule has 12 heavy (non-hydrogen) atoms. The lowest BCUT2D eigenvalue weighted by atomic mass is 10.2. The van der Waals surface area contributed by atoms with Crippen LogP contribution in [0.2, 0.25) is 0 Å². The second-order valence-electron chi connectivity index (χ2n) is 3.22. The molecular weight excluding hydrogens is 158 g/mol. The molecule has 0 saturated carbocycles. The minimum atomic E-state index is 0.262. The van der Waals surface area contributed by atoms with Crippen molar-refractivity contribution in [2.75, 3.05) is 33.1 Å². The maximum Gasteiger partial charge on any atom is 0.147 e. The highest BCUT2D eigenvalue weighted by Gasteiger charge is 2.19. The SMILES string of the molecule is C1CC(OCOC2CNC2)CO1. The standard InChI is InChI=1S/C8H15NO3/c1-2-10-5-7(1)11-6-12-8-3-9-4-8/h7-9H,1-6H2. The highest BCUT2D eigenvalue weighted by atomic mass is 16.7. The zero-order valence-corrected chi connectivity index (χ0v) is 7.12. The third-order valence-corrected chi connectivity index (χ3v) is 2.24. The van der Waals surface area contributed by atoms with Crippen LogP contribution >= 0.6 is 0 Å². The molecule has 0 aromatic carbocycles. The number of nitrogens with one attached hydrogen (secondary N) is 1. The molecule has 0 spiro atoms. The van der Waals surface area contributed by atoms with Crippen LogP contribution in [0.4, 0.5) is 0 Å². The molecule has 2 aliphatic heterocycles. The summed E-state index contributed by atoms with van der Waals surface area (Å²) >= 11 is 0. The molecule has 2 heterocycles. The Labute approximate surface area is 72.2 Å². The summed E-state index contributed by atoms with van der Waals surface area (Å²) in [6.45, 7) is 3.90. The maximum atomic E-state index is 5.43. The fourth-order valence-corrected chi connectivity index (χ4v) is 1.26. The molecule has 2 fully saturated rings. The van der Waals surface area contributed by atoms with Gasteiger partial charge in [0.15, 0.2) is 0 Å². The molecule has 0 aromatic rings. The highest BCUT2D eigenvalue weighted by molar-refractivity contribution is 4.74. The molecule has 1 N–H and O–H groups in total. The molecule has 2 rings (SSSR count). The molecule has 4 heteroatoms. The van der Waals surface area contributed by atoms with Crippen molar-refractivity contribution in [3.05, 3.63) is 0 Å². The Morgan fingerprint density at radius 1 is 1.25 bits per heavy atom. The molecule has 0 bridgehead atoms. The fraction of sp³-hybridized carbons (Fsp3) is 1.00. The van der Waals surface area contributed by atoms with Gasteiger partial charge in [0, 0.05) is 19.7 Å². The first kappa shape index (κ1) is 8.44. The van der Waals surface area contributed by atoms with E-state index in [1.807, 2.05) is 0 Å². The van der Waals surface area contributed by atoms with Crippen LogP contribution in [0.5, 0.6) is 0 Å². The van der Waals surface area contributed by atoms with Gasteiger partial charge in [0.1, 0.15) is 6.79 Å². The van der Waals surface area contributed by atoms with Gasteiger partial charge in [0.25, 0.3) is 0 Å². The lowest BCUT2D eigenvalue weighted by Gasteiger charge is -2.27. The van der Waals surface area contributed by atoms with Crippen LogP contribution in [0.15, 0.2) is 0 Å². The van der Waals surface area contributed by atoms with E-state index >= 15 is 0 Å². The molecule has 0 aliphatic carbocycles. The molecule has 0 radical (unpaired) electrons. The molecule has 4 nitrogen and oxygen atoms in total. The fourth-order valence-electron chi connectivity index (χ4n) is 1.26. The number of rotatable bonds is 4. The largest absolute Gasteiger partial charge is 0.379 e. The van der Waals surface area contributed by atoms with E-state index in [2.05, 4.69) is 5.32 Å². The third-order valence-electron chi connectivity index (χ3n) is 2.24. The quantitative estimate of drug-likeness (QED) is 0.594. The average molecular weight is 173 g/mol. The summed E-state index contributed by atoms with van der Waals surface area (Å²) in [7, 11) is 0. The van der Waals surface area contributed by atoms with Gasteiger partial charge in [0.05, 0.1) is 18.8 Å². The number of ether oxygens (including phenoxy) is 3. The summed E-state index contributed by atoms with van der Waals surface area (Å²) in [6.07, 6.45) is 1.64. The first-order valence-corrected chi connectivity index (χ1v) is 4.47. The van der Waals surface area contributed by atoms with Crippen molar-refractivity contribution >= 4 is 0 Å². The number of hydrogen-bond donors (Lipinski definition) is 1. The highest BCUT2D eigenvalue weighted by Crippen LogP contribution is 2.08. The van der Waals surface area contributed by atoms with Crippen molar-refractivity contribution in [1.82, 2.24) is 5.32 Å². The molecular formula is C8H15NO3. The Kier molecular flexibility index (Phi) is 2.94. The van der Waals surface area contributed by atoms with Gasteiger partial charge in [-0.05, 0) is 6.42 Å². The van der Waals surface area contributed by atoms with Crippen molar-refractivity contribution in [3.63, 3.8) is 0 Å². The van der Waals surface area contributed by atoms with Crippen LogP contribution in [-0.4, -0.2) is 45.3 Å². The van der Waals surface area contributed by atoms with E-state index in [1.54, 1.807) is 0 Å². The summed E-state index contributed by atoms with van der Waals surface area (Å²) in [6, 6.07) is 0. The topological polar surface area (TPSA) is 39.7 Å². The second-order valence-corrected chi connectivity index (χ2v) is 3.22. The summed E-state index contributed by atoms with van der Waals surface area (Å²) in [5, 5.41) is 3.13. The summed E-state index contributed by atoms with van der Waals surface area (Å²) in [5.41, 5.74) is 0. The van der Waals surface area contributed by atoms with Crippen molar-refractivity contribution in [1.29, 1.82) is 0 Å². The molecule has 2 aliphatic rings. The Hall–Kier alpha value is -0.160. The summed E-state index contributed by atoms with van der Waals surface area (Å²) in [5.74, 6) is 0. The average Bonchev–Trinajstić information content (AvgIpc) is 2.46. The smallest absolute Gasteiger partial charge is 0.147 e. The third kappa shape index (κ3) is 2.17. The molecule has 0 aromatic heterocycles. The van der Waals surface area contributed by atoms with Crippen molar-refractivity contribution < 1.29 is 14.2 Å². The Morgan fingerprint density at radius 3 is 2.67 bits per heavy atom. The lowest BCUT2D eigenvalue weighted by molar-refractivity contribution is -0.127. The van der Waals surface area contributed by atoms with Gasteiger partial charge in [-0.15, -0.1) is 0 Å². The van der Waals surface area contributed by atoms with E-state index in [4.69, 9.17) is 14.2 Å². The summed E-state index contributed by atoms with van der Waals surface area (Å²) < 4.78 is 16.0. The van der Waals surface area contributed by atoms with Gasteiger partial charge in [-0.2, -0.15) is 0 Å². The molecule has 2 saturated heterocycles. The predicted molar refractivity (Wildman–Crippen MR) is 42.9 cm³/mol. The first-order valence-electron chi connectivity index (χ1n) is 4.47. The minimum absolute atomic E-state index is 0.262. The zero-order chi connectivity index (χ0) is 8.23. The van der Waals surface area contributed by atoms with E-state index in [0.29, 0.717) is 12.9 Å². The maximum absolute atomic E-state index is 5.43. The van der Waals surface area contributed by atoms with E-state index in [9.17, 15) is 0 Å². The minimum Gasteiger partial charge on any atom is -0.379 e. The number of hydrogen-bond acceptors (Lipinski definition) is 4. The monoisotopic (exact) mass is 173 g/mol.